The molecule has 1 nitrogen and oxygen atoms in total. The Kier molecular flexibility index (Phi) is 2.97. The number of hydrogen-bond acceptors (Lipinski definition) is 1. The Labute approximate surface area is 92.5 Å². The maximum atomic E-state index is 13.9. The molecule has 0 radical (unpaired) electrons. The molecule has 0 aliphatic heterocycles. The molecule has 2 N–H and O–H groups in total. The van der Waals surface area contributed by atoms with Gasteiger partial charge in [0, 0.05) is 17.7 Å². The van der Waals surface area contributed by atoms with Gasteiger partial charge < -0.3 is 5.73 Å². The summed E-state index contributed by atoms with van der Waals surface area (Å²) in [5.74, 6) is -0.759. The Hall–Kier alpha value is -1.74. The maximum absolute atomic E-state index is 13.9. The fourth-order valence-corrected chi connectivity index (χ4v) is 1.62. The van der Waals surface area contributed by atoms with E-state index in [0.717, 1.165) is 0 Å². The first-order valence-electron chi connectivity index (χ1n) is 4.96. The molecule has 0 amide bonds. The molecule has 82 valence electrons. The standard InChI is InChI=1S/C13H11F2N/c14-11-5-1-3-9(7-11)12-6-2-4-10(8-16)13(12)15/h1-7H,8,16H2. The van der Waals surface area contributed by atoms with Gasteiger partial charge in [-0.3, -0.25) is 0 Å². The van der Waals surface area contributed by atoms with Crippen LogP contribution in [0.1, 0.15) is 5.56 Å². The van der Waals surface area contributed by atoms with E-state index < -0.39 is 0 Å². The molecule has 2 aromatic rings. The summed E-state index contributed by atoms with van der Waals surface area (Å²) in [7, 11) is 0. The van der Waals surface area contributed by atoms with Crippen LogP contribution in [0.3, 0.4) is 0 Å². The van der Waals surface area contributed by atoms with Crippen LogP contribution in [0.2, 0.25) is 0 Å². The van der Waals surface area contributed by atoms with Crippen LogP contribution in [0.15, 0.2) is 42.5 Å². The Morgan fingerprint density at radius 1 is 1.00 bits per heavy atom. The monoisotopic (exact) mass is 219 g/mol. The first kappa shape index (κ1) is 10.8. The first-order valence-corrected chi connectivity index (χ1v) is 4.96. The highest BCUT2D eigenvalue weighted by atomic mass is 19.1. The number of benzene rings is 2. The zero-order valence-electron chi connectivity index (χ0n) is 8.58. The summed E-state index contributed by atoms with van der Waals surface area (Å²) in [6.45, 7) is 0.134. The van der Waals surface area contributed by atoms with E-state index in [9.17, 15) is 8.78 Å². The Morgan fingerprint density at radius 3 is 2.44 bits per heavy atom. The smallest absolute Gasteiger partial charge is 0.135 e. The van der Waals surface area contributed by atoms with Crippen molar-refractivity contribution in [1.82, 2.24) is 0 Å². The first-order chi connectivity index (χ1) is 7.72. The van der Waals surface area contributed by atoms with Gasteiger partial charge in [0.15, 0.2) is 0 Å². The fraction of sp³-hybridized carbons (Fsp3) is 0.0769. The average Bonchev–Trinajstić information content (AvgIpc) is 2.29. The third kappa shape index (κ3) is 1.95. The summed E-state index contributed by atoms with van der Waals surface area (Å²) in [5, 5.41) is 0. The molecule has 0 aromatic heterocycles. The fourth-order valence-electron chi connectivity index (χ4n) is 1.62. The maximum Gasteiger partial charge on any atom is 0.135 e. The number of halogens is 2. The van der Waals surface area contributed by atoms with Crippen molar-refractivity contribution in [2.24, 2.45) is 5.73 Å². The Balaban J connectivity index is 2.56. The molecular formula is C13H11F2N. The second kappa shape index (κ2) is 4.41. The van der Waals surface area contributed by atoms with Gasteiger partial charge in [0.2, 0.25) is 0 Å². The van der Waals surface area contributed by atoms with E-state index >= 15 is 0 Å². The molecule has 0 saturated carbocycles. The Morgan fingerprint density at radius 2 is 1.75 bits per heavy atom. The summed E-state index contributed by atoms with van der Waals surface area (Å²) in [6.07, 6.45) is 0. The topological polar surface area (TPSA) is 26.0 Å². The molecule has 0 aliphatic rings. The van der Waals surface area contributed by atoms with Crippen molar-refractivity contribution in [3.8, 4) is 11.1 Å². The zero-order valence-corrected chi connectivity index (χ0v) is 8.58. The van der Waals surface area contributed by atoms with Crippen LogP contribution in [0.4, 0.5) is 8.78 Å². The minimum Gasteiger partial charge on any atom is -0.326 e. The van der Waals surface area contributed by atoms with Crippen LogP contribution in [0.5, 0.6) is 0 Å². The van der Waals surface area contributed by atoms with E-state index in [1.54, 1.807) is 30.3 Å². The highest BCUT2D eigenvalue weighted by molar-refractivity contribution is 5.65. The van der Waals surface area contributed by atoms with Gasteiger partial charge in [0.05, 0.1) is 0 Å². The molecule has 0 saturated heterocycles. The molecule has 16 heavy (non-hydrogen) atoms. The highest BCUT2D eigenvalue weighted by Crippen LogP contribution is 2.25. The molecule has 0 atom stereocenters. The molecule has 0 fully saturated rings. The van der Waals surface area contributed by atoms with Crippen molar-refractivity contribution in [2.45, 2.75) is 6.54 Å². The van der Waals surface area contributed by atoms with Gasteiger partial charge >= 0.3 is 0 Å². The average molecular weight is 219 g/mol. The lowest BCUT2D eigenvalue weighted by Crippen LogP contribution is -2.00. The largest absolute Gasteiger partial charge is 0.326 e. The lowest BCUT2D eigenvalue weighted by atomic mass is 10.0. The van der Waals surface area contributed by atoms with Crippen molar-refractivity contribution < 1.29 is 8.78 Å². The summed E-state index contributed by atoms with van der Waals surface area (Å²) in [5.41, 5.74) is 6.74. The van der Waals surface area contributed by atoms with Crippen molar-refractivity contribution in [1.29, 1.82) is 0 Å². The third-order valence-corrected chi connectivity index (χ3v) is 2.43. The van der Waals surface area contributed by atoms with Crippen molar-refractivity contribution >= 4 is 0 Å². The number of nitrogens with two attached hydrogens (primary N) is 1. The van der Waals surface area contributed by atoms with E-state index in [2.05, 4.69) is 0 Å². The predicted molar refractivity (Wildman–Crippen MR) is 59.7 cm³/mol. The van der Waals surface area contributed by atoms with Gasteiger partial charge in [0.1, 0.15) is 11.6 Å². The molecule has 0 aliphatic carbocycles. The van der Waals surface area contributed by atoms with Crippen molar-refractivity contribution in [3.63, 3.8) is 0 Å². The van der Waals surface area contributed by atoms with Crippen LogP contribution in [0, 0.1) is 11.6 Å². The van der Waals surface area contributed by atoms with E-state index in [1.165, 1.54) is 12.1 Å². The van der Waals surface area contributed by atoms with Gasteiger partial charge in [-0.05, 0) is 17.7 Å². The quantitative estimate of drug-likeness (QED) is 0.825. The van der Waals surface area contributed by atoms with Crippen molar-refractivity contribution in [2.75, 3.05) is 0 Å². The van der Waals surface area contributed by atoms with Gasteiger partial charge in [-0.1, -0.05) is 30.3 Å². The lowest BCUT2D eigenvalue weighted by Gasteiger charge is -2.07. The van der Waals surface area contributed by atoms with Gasteiger partial charge in [-0.2, -0.15) is 0 Å². The predicted octanol–water partition coefficient (Wildman–Crippen LogP) is 3.09. The van der Waals surface area contributed by atoms with Crippen LogP contribution in [0.25, 0.3) is 11.1 Å². The second-order valence-electron chi connectivity index (χ2n) is 3.49. The lowest BCUT2D eigenvalue weighted by molar-refractivity contribution is 0.612. The molecule has 3 heteroatoms. The SMILES string of the molecule is NCc1cccc(-c2cccc(F)c2)c1F. The molecule has 2 rings (SSSR count). The minimum absolute atomic E-state index is 0.134. The normalized spacial score (nSPS) is 10.4. The third-order valence-electron chi connectivity index (χ3n) is 2.43. The molecule has 0 spiro atoms. The number of rotatable bonds is 2. The molecule has 0 unspecified atom stereocenters. The van der Waals surface area contributed by atoms with Gasteiger partial charge in [0.25, 0.3) is 0 Å². The molecule has 0 heterocycles. The van der Waals surface area contributed by atoms with Gasteiger partial charge in [-0.15, -0.1) is 0 Å². The van der Waals surface area contributed by atoms with Crippen LogP contribution >= 0.6 is 0 Å². The minimum atomic E-state index is -0.380. The zero-order chi connectivity index (χ0) is 11.5. The van der Waals surface area contributed by atoms with Crippen molar-refractivity contribution in [3.05, 3.63) is 59.7 Å². The van der Waals surface area contributed by atoms with E-state index in [1.807, 2.05) is 0 Å². The number of hydrogen-bond donors (Lipinski definition) is 1. The molecular weight excluding hydrogens is 208 g/mol. The Bertz CT molecular complexity index is 509. The van der Waals surface area contributed by atoms with E-state index in [4.69, 9.17) is 5.73 Å². The molecule has 0 bridgehead atoms. The van der Waals surface area contributed by atoms with E-state index in [-0.39, 0.29) is 18.2 Å². The summed E-state index contributed by atoms with van der Waals surface area (Å²) >= 11 is 0. The van der Waals surface area contributed by atoms with Gasteiger partial charge in [-0.25, -0.2) is 8.78 Å². The highest BCUT2D eigenvalue weighted by Gasteiger charge is 2.08. The summed E-state index contributed by atoms with van der Waals surface area (Å²) < 4.78 is 26.9. The van der Waals surface area contributed by atoms with Crippen LogP contribution in [-0.4, -0.2) is 0 Å². The second-order valence-corrected chi connectivity index (χ2v) is 3.49. The summed E-state index contributed by atoms with van der Waals surface area (Å²) in [4.78, 5) is 0. The summed E-state index contributed by atoms with van der Waals surface area (Å²) in [6, 6.07) is 10.8. The van der Waals surface area contributed by atoms with E-state index in [0.29, 0.717) is 16.7 Å². The van der Waals surface area contributed by atoms with Crippen LogP contribution < -0.4 is 5.73 Å². The van der Waals surface area contributed by atoms with Crippen LogP contribution in [-0.2, 0) is 6.54 Å². The molecule has 2 aromatic carbocycles.